The number of carboxylic acid groups (broad SMARTS) is 1. The molecule has 4 nitrogen and oxygen atoms in total. The summed E-state index contributed by atoms with van der Waals surface area (Å²) in [6, 6.07) is 5.82. The summed E-state index contributed by atoms with van der Waals surface area (Å²) in [5.41, 5.74) is 0.476. The number of carbonyl (C=O) groups excluding carboxylic acids is 1. The van der Waals surface area contributed by atoms with Gasteiger partial charge in [0.25, 0.3) is 0 Å². The molecule has 0 bridgehead atoms. The first-order chi connectivity index (χ1) is 6.70. The fraction of sp³-hybridized carbons (Fsp3) is 0.111. The van der Waals surface area contributed by atoms with Crippen molar-refractivity contribution in [2.24, 2.45) is 0 Å². The van der Waals surface area contributed by atoms with Crippen molar-refractivity contribution in [3.8, 4) is 0 Å². The van der Waals surface area contributed by atoms with E-state index in [0.717, 1.165) is 4.90 Å². The summed E-state index contributed by atoms with van der Waals surface area (Å²) in [6.45, 7) is 0. The van der Waals surface area contributed by atoms with Crippen LogP contribution in [0.5, 0.6) is 0 Å². The molecular formula is C9H7NO3S. The fourth-order valence-electron chi connectivity index (χ4n) is 1.25. The fourth-order valence-corrected chi connectivity index (χ4v) is 2.13. The monoisotopic (exact) mass is 209 g/mol. The summed E-state index contributed by atoms with van der Waals surface area (Å²) in [7, 11) is 0. The van der Waals surface area contributed by atoms with Gasteiger partial charge in [-0.05, 0) is 18.0 Å². The Morgan fingerprint density at radius 2 is 2.14 bits per heavy atom. The van der Waals surface area contributed by atoms with Crippen LogP contribution in [0.3, 0.4) is 0 Å². The van der Waals surface area contributed by atoms with Gasteiger partial charge in [0.05, 0.1) is 0 Å². The zero-order chi connectivity index (χ0) is 10.1. The Balaban J connectivity index is 2.41. The molecule has 0 spiro atoms. The van der Waals surface area contributed by atoms with Crippen molar-refractivity contribution in [3.05, 3.63) is 29.8 Å². The maximum absolute atomic E-state index is 11.6. The van der Waals surface area contributed by atoms with Gasteiger partial charge in [-0.1, -0.05) is 18.2 Å². The largest absolute Gasteiger partial charge is 0.480 e. The third-order valence-corrected chi connectivity index (χ3v) is 2.88. The van der Waals surface area contributed by atoms with Crippen molar-refractivity contribution in [2.45, 2.75) is 10.9 Å². The summed E-state index contributed by atoms with van der Waals surface area (Å²) >= 11 is 1.18. The second-order valence-corrected chi connectivity index (χ2v) is 3.73. The first-order valence-corrected chi connectivity index (χ1v) is 4.80. The van der Waals surface area contributed by atoms with Crippen LogP contribution in [0.2, 0.25) is 0 Å². The van der Waals surface area contributed by atoms with E-state index in [-0.39, 0.29) is 5.78 Å². The van der Waals surface area contributed by atoms with E-state index in [0.29, 0.717) is 5.56 Å². The summed E-state index contributed by atoms with van der Waals surface area (Å²) in [5, 5.41) is 8.74. The van der Waals surface area contributed by atoms with Crippen molar-refractivity contribution in [1.29, 1.82) is 0 Å². The summed E-state index contributed by atoms with van der Waals surface area (Å²) in [5.74, 6) is -1.52. The quantitative estimate of drug-likeness (QED) is 0.532. The van der Waals surface area contributed by atoms with E-state index in [1.807, 2.05) is 6.07 Å². The smallest absolute Gasteiger partial charge is 0.329 e. The minimum absolute atomic E-state index is 0.383. The van der Waals surface area contributed by atoms with Crippen LogP contribution in [0.15, 0.2) is 29.2 Å². The predicted molar refractivity (Wildman–Crippen MR) is 51.2 cm³/mol. The van der Waals surface area contributed by atoms with E-state index in [9.17, 15) is 9.59 Å². The van der Waals surface area contributed by atoms with Crippen LogP contribution in [0.1, 0.15) is 10.4 Å². The number of hydrogen-bond donors (Lipinski definition) is 2. The highest BCUT2D eigenvalue weighted by Gasteiger charge is 2.32. The predicted octanol–water partition coefficient (Wildman–Crippen LogP) is 0.933. The Labute approximate surface area is 84.4 Å². The maximum atomic E-state index is 11.6. The van der Waals surface area contributed by atoms with Crippen LogP contribution in [0, 0.1) is 0 Å². The standard InChI is InChI=1S/C9H7NO3S/c11-8-5-3-1-2-4-6(5)14-10-7(8)9(12)13/h1-4,7,10H,(H,12,13). The molecule has 2 N–H and O–H groups in total. The minimum atomic E-state index is -1.14. The van der Waals surface area contributed by atoms with Gasteiger partial charge < -0.3 is 5.11 Å². The minimum Gasteiger partial charge on any atom is -0.480 e. The topological polar surface area (TPSA) is 66.4 Å². The average Bonchev–Trinajstić information content (AvgIpc) is 2.18. The molecule has 5 heteroatoms. The molecule has 0 amide bonds. The molecule has 1 aliphatic heterocycles. The number of carboxylic acids is 1. The zero-order valence-electron chi connectivity index (χ0n) is 7.06. The Morgan fingerprint density at radius 3 is 2.86 bits per heavy atom. The number of rotatable bonds is 1. The van der Waals surface area contributed by atoms with Gasteiger partial charge in [0.2, 0.25) is 0 Å². The van der Waals surface area contributed by atoms with Crippen molar-refractivity contribution in [2.75, 3.05) is 0 Å². The van der Waals surface area contributed by atoms with Gasteiger partial charge >= 0.3 is 5.97 Å². The van der Waals surface area contributed by atoms with Crippen LogP contribution in [0.25, 0.3) is 0 Å². The van der Waals surface area contributed by atoms with E-state index >= 15 is 0 Å². The number of fused-ring (bicyclic) bond motifs is 1. The number of hydrogen-bond acceptors (Lipinski definition) is 4. The second-order valence-electron chi connectivity index (χ2n) is 2.85. The number of benzene rings is 1. The molecule has 72 valence electrons. The number of carbonyl (C=O) groups is 2. The number of ketones is 1. The normalized spacial score (nSPS) is 20.3. The van der Waals surface area contributed by atoms with Crippen LogP contribution in [-0.2, 0) is 4.79 Å². The molecule has 0 saturated carbocycles. The summed E-state index contributed by atoms with van der Waals surface area (Å²) in [6.07, 6.45) is 0. The van der Waals surface area contributed by atoms with E-state index in [1.54, 1.807) is 18.2 Å². The lowest BCUT2D eigenvalue weighted by atomic mass is 10.0. The number of aliphatic carboxylic acids is 1. The molecule has 0 radical (unpaired) electrons. The molecule has 0 saturated heterocycles. The SMILES string of the molecule is O=C(O)C1NSc2ccccc2C1=O. The van der Waals surface area contributed by atoms with Crippen LogP contribution < -0.4 is 4.72 Å². The van der Waals surface area contributed by atoms with Crippen molar-refractivity contribution in [1.82, 2.24) is 4.72 Å². The van der Waals surface area contributed by atoms with E-state index in [4.69, 9.17) is 5.11 Å². The first-order valence-electron chi connectivity index (χ1n) is 3.98. The molecule has 14 heavy (non-hydrogen) atoms. The molecular weight excluding hydrogens is 202 g/mol. The van der Waals surface area contributed by atoms with E-state index in [2.05, 4.69) is 4.72 Å². The van der Waals surface area contributed by atoms with Gasteiger partial charge in [-0.15, -0.1) is 0 Å². The molecule has 1 atom stereocenters. The van der Waals surface area contributed by atoms with Crippen LogP contribution in [0.4, 0.5) is 0 Å². The van der Waals surface area contributed by atoms with Crippen LogP contribution >= 0.6 is 11.9 Å². The average molecular weight is 209 g/mol. The number of nitrogens with one attached hydrogen (secondary N) is 1. The van der Waals surface area contributed by atoms with Crippen molar-refractivity contribution < 1.29 is 14.7 Å². The van der Waals surface area contributed by atoms with Gasteiger partial charge in [0.15, 0.2) is 11.8 Å². The molecule has 1 aromatic carbocycles. The molecule has 1 aliphatic rings. The lowest BCUT2D eigenvalue weighted by Gasteiger charge is -2.20. The highest BCUT2D eigenvalue weighted by molar-refractivity contribution is 7.97. The number of Topliss-reactive ketones (excluding diaryl/α,β-unsaturated/α-hetero) is 1. The van der Waals surface area contributed by atoms with E-state index in [1.165, 1.54) is 11.9 Å². The second kappa shape index (κ2) is 3.43. The Bertz CT molecular complexity index is 405. The molecule has 1 heterocycles. The molecule has 1 unspecified atom stereocenters. The van der Waals surface area contributed by atoms with Crippen molar-refractivity contribution in [3.63, 3.8) is 0 Å². The molecule has 0 aromatic heterocycles. The molecule has 2 rings (SSSR count). The Kier molecular flexibility index (Phi) is 2.26. The molecule has 0 aliphatic carbocycles. The third kappa shape index (κ3) is 1.40. The zero-order valence-corrected chi connectivity index (χ0v) is 7.88. The first kappa shape index (κ1) is 9.23. The van der Waals surface area contributed by atoms with Gasteiger partial charge in [-0.2, -0.15) is 0 Å². The lowest BCUT2D eigenvalue weighted by molar-refractivity contribution is -0.137. The highest BCUT2D eigenvalue weighted by atomic mass is 32.2. The molecule has 1 aromatic rings. The summed E-state index contributed by atoms with van der Waals surface area (Å²) in [4.78, 5) is 23.1. The highest BCUT2D eigenvalue weighted by Crippen LogP contribution is 2.26. The van der Waals surface area contributed by atoms with Gasteiger partial charge in [0, 0.05) is 10.5 Å². The Hall–Kier alpha value is -1.33. The lowest BCUT2D eigenvalue weighted by Crippen LogP contribution is -2.42. The van der Waals surface area contributed by atoms with Gasteiger partial charge in [-0.3, -0.25) is 4.79 Å². The van der Waals surface area contributed by atoms with Gasteiger partial charge in [0.1, 0.15) is 0 Å². The molecule has 0 fully saturated rings. The maximum Gasteiger partial charge on any atom is 0.329 e. The van der Waals surface area contributed by atoms with Crippen molar-refractivity contribution >= 4 is 23.7 Å². The van der Waals surface area contributed by atoms with Gasteiger partial charge in [-0.25, -0.2) is 9.52 Å². The van der Waals surface area contributed by atoms with Crippen LogP contribution in [-0.4, -0.2) is 22.9 Å². The summed E-state index contributed by atoms with van der Waals surface area (Å²) < 4.78 is 2.59. The van der Waals surface area contributed by atoms with E-state index < -0.39 is 12.0 Å². The third-order valence-electron chi connectivity index (χ3n) is 1.95. The Morgan fingerprint density at radius 1 is 1.43 bits per heavy atom.